The highest BCUT2D eigenvalue weighted by Gasteiger charge is 2.46. The molecule has 1 fully saturated rings. The van der Waals surface area contributed by atoms with Crippen LogP contribution in [0.15, 0.2) is 0 Å². The monoisotopic (exact) mass is 185 g/mol. The van der Waals surface area contributed by atoms with E-state index in [2.05, 4.69) is 11.8 Å². The third kappa shape index (κ3) is 1.46. The SMILES string of the molecule is CCC(CC)(C(=O)O)N1CCC1C. The topological polar surface area (TPSA) is 40.5 Å². The highest BCUT2D eigenvalue weighted by atomic mass is 16.4. The fourth-order valence-electron chi connectivity index (χ4n) is 2.23. The van der Waals surface area contributed by atoms with E-state index in [0.29, 0.717) is 18.9 Å². The van der Waals surface area contributed by atoms with Gasteiger partial charge in [0.2, 0.25) is 0 Å². The molecule has 1 heterocycles. The van der Waals surface area contributed by atoms with Crippen molar-refractivity contribution in [3.05, 3.63) is 0 Å². The lowest BCUT2D eigenvalue weighted by Gasteiger charge is -2.50. The fourth-order valence-corrected chi connectivity index (χ4v) is 2.23. The number of nitrogens with zero attached hydrogens (tertiary/aromatic N) is 1. The lowest BCUT2D eigenvalue weighted by atomic mass is 9.85. The van der Waals surface area contributed by atoms with Gasteiger partial charge in [-0.25, -0.2) is 0 Å². The molecule has 3 nitrogen and oxygen atoms in total. The zero-order valence-electron chi connectivity index (χ0n) is 8.71. The molecule has 0 aromatic carbocycles. The van der Waals surface area contributed by atoms with E-state index in [1.165, 1.54) is 0 Å². The first-order valence-electron chi connectivity index (χ1n) is 5.08. The van der Waals surface area contributed by atoms with Gasteiger partial charge in [-0.3, -0.25) is 9.69 Å². The number of carboxylic acids is 1. The molecule has 0 saturated carbocycles. The van der Waals surface area contributed by atoms with Crippen LogP contribution in [0.1, 0.15) is 40.0 Å². The van der Waals surface area contributed by atoms with Gasteiger partial charge in [0, 0.05) is 12.6 Å². The van der Waals surface area contributed by atoms with Crippen molar-refractivity contribution in [3.8, 4) is 0 Å². The summed E-state index contributed by atoms with van der Waals surface area (Å²) in [7, 11) is 0. The van der Waals surface area contributed by atoms with E-state index in [9.17, 15) is 9.90 Å². The lowest BCUT2D eigenvalue weighted by Crippen LogP contribution is -2.63. The molecule has 0 aromatic rings. The number of likely N-dealkylation sites (tertiary alicyclic amines) is 1. The van der Waals surface area contributed by atoms with Crippen LogP contribution in [-0.2, 0) is 4.79 Å². The lowest BCUT2D eigenvalue weighted by molar-refractivity contribution is -0.159. The molecule has 3 heteroatoms. The van der Waals surface area contributed by atoms with E-state index in [1.54, 1.807) is 0 Å². The minimum atomic E-state index is -0.663. The molecule has 1 rings (SSSR count). The summed E-state index contributed by atoms with van der Waals surface area (Å²) in [5, 5.41) is 9.24. The molecule has 0 bridgehead atoms. The second kappa shape index (κ2) is 3.66. The Hall–Kier alpha value is -0.570. The van der Waals surface area contributed by atoms with E-state index in [1.807, 2.05) is 13.8 Å². The van der Waals surface area contributed by atoms with E-state index in [0.717, 1.165) is 13.0 Å². The Morgan fingerprint density at radius 2 is 2.08 bits per heavy atom. The number of hydrogen-bond acceptors (Lipinski definition) is 2. The average molecular weight is 185 g/mol. The van der Waals surface area contributed by atoms with Crippen LogP contribution in [0.4, 0.5) is 0 Å². The Balaban J connectivity index is 2.82. The van der Waals surface area contributed by atoms with Crippen molar-refractivity contribution in [1.29, 1.82) is 0 Å². The third-order valence-electron chi connectivity index (χ3n) is 3.44. The van der Waals surface area contributed by atoms with Crippen molar-refractivity contribution in [3.63, 3.8) is 0 Å². The van der Waals surface area contributed by atoms with Gasteiger partial charge in [0.25, 0.3) is 0 Å². The van der Waals surface area contributed by atoms with Gasteiger partial charge < -0.3 is 5.11 Å². The molecule has 1 atom stereocenters. The Morgan fingerprint density at radius 3 is 2.15 bits per heavy atom. The van der Waals surface area contributed by atoms with Crippen molar-refractivity contribution in [2.45, 2.75) is 51.6 Å². The molecule has 1 saturated heterocycles. The average Bonchev–Trinajstić information content (AvgIpc) is 2.10. The van der Waals surface area contributed by atoms with E-state index < -0.39 is 11.5 Å². The van der Waals surface area contributed by atoms with Gasteiger partial charge in [0.15, 0.2) is 0 Å². The number of aliphatic carboxylic acids is 1. The summed E-state index contributed by atoms with van der Waals surface area (Å²) in [6, 6.07) is 0.441. The van der Waals surface area contributed by atoms with Gasteiger partial charge in [-0.05, 0) is 26.2 Å². The molecular weight excluding hydrogens is 166 g/mol. The van der Waals surface area contributed by atoms with Crippen molar-refractivity contribution < 1.29 is 9.90 Å². The molecule has 0 radical (unpaired) electrons. The maximum absolute atomic E-state index is 11.2. The first-order valence-corrected chi connectivity index (χ1v) is 5.08. The molecule has 0 aromatic heterocycles. The van der Waals surface area contributed by atoms with E-state index in [4.69, 9.17) is 0 Å². The van der Waals surface area contributed by atoms with Crippen LogP contribution in [0.3, 0.4) is 0 Å². The predicted molar refractivity (Wildman–Crippen MR) is 51.7 cm³/mol. The molecule has 13 heavy (non-hydrogen) atoms. The third-order valence-corrected chi connectivity index (χ3v) is 3.44. The maximum atomic E-state index is 11.2. The Labute approximate surface area is 79.7 Å². The van der Waals surface area contributed by atoms with Crippen LogP contribution in [-0.4, -0.2) is 34.1 Å². The van der Waals surface area contributed by atoms with E-state index >= 15 is 0 Å². The van der Waals surface area contributed by atoms with Gasteiger partial charge in [0.1, 0.15) is 5.54 Å². The molecule has 1 aliphatic heterocycles. The van der Waals surface area contributed by atoms with Gasteiger partial charge in [-0.15, -0.1) is 0 Å². The maximum Gasteiger partial charge on any atom is 0.324 e. The second-order valence-electron chi connectivity index (χ2n) is 3.87. The summed E-state index contributed by atoms with van der Waals surface area (Å²) in [4.78, 5) is 13.3. The smallest absolute Gasteiger partial charge is 0.324 e. The first-order chi connectivity index (χ1) is 6.08. The highest BCUT2D eigenvalue weighted by molar-refractivity contribution is 5.78. The van der Waals surface area contributed by atoms with Gasteiger partial charge in [-0.2, -0.15) is 0 Å². The molecule has 1 aliphatic rings. The molecule has 1 N–H and O–H groups in total. The summed E-state index contributed by atoms with van der Waals surface area (Å²) >= 11 is 0. The van der Waals surface area contributed by atoms with Crippen molar-refractivity contribution in [2.24, 2.45) is 0 Å². The molecule has 0 aliphatic carbocycles. The molecule has 1 unspecified atom stereocenters. The van der Waals surface area contributed by atoms with Crippen LogP contribution in [0.25, 0.3) is 0 Å². The molecular formula is C10H19NO2. The largest absolute Gasteiger partial charge is 0.480 e. The number of rotatable bonds is 4. The Kier molecular flexibility index (Phi) is 2.96. The minimum absolute atomic E-state index is 0.441. The van der Waals surface area contributed by atoms with Crippen LogP contribution < -0.4 is 0 Å². The summed E-state index contributed by atoms with van der Waals surface area (Å²) < 4.78 is 0. The Morgan fingerprint density at radius 1 is 1.54 bits per heavy atom. The molecule has 76 valence electrons. The molecule has 0 amide bonds. The van der Waals surface area contributed by atoms with Crippen LogP contribution in [0.2, 0.25) is 0 Å². The minimum Gasteiger partial charge on any atom is -0.480 e. The summed E-state index contributed by atoms with van der Waals surface area (Å²) in [5.74, 6) is -0.663. The second-order valence-corrected chi connectivity index (χ2v) is 3.87. The number of carboxylic acid groups (broad SMARTS) is 1. The standard InChI is InChI=1S/C10H19NO2/c1-4-10(5-2,9(12)13)11-7-6-8(11)3/h8H,4-7H2,1-3H3,(H,12,13). The van der Waals surface area contributed by atoms with Gasteiger partial charge >= 0.3 is 5.97 Å². The normalized spacial score (nSPS) is 24.1. The summed E-state index contributed by atoms with van der Waals surface area (Å²) in [6.45, 7) is 6.97. The zero-order chi connectivity index (χ0) is 10.1. The predicted octanol–water partition coefficient (Wildman–Crippen LogP) is 1.72. The quantitative estimate of drug-likeness (QED) is 0.725. The highest BCUT2D eigenvalue weighted by Crippen LogP contribution is 2.33. The van der Waals surface area contributed by atoms with Crippen molar-refractivity contribution >= 4 is 5.97 Å². The van der Waals surface area contributed by atoms with Crippen molar-refractivity contribution in [2.75, 3.05) is 6.54 Å². The fraction of sp³-hybridized carbons (Fsp3) is 0.900. The van der Waals surface area contributed by atoms with Crippen LogP contribution in [0, 0.1) is 0 Å². The summed E-state index contributed by atoms with van der Waals surface area (Å²) in [6.07, 6.45) is 2.53. The number of carbonyl (C=O) groups is 1. The summed E-state index contributed by atoms with van der Waals surface area (Å²) in [5.41, 5.74) is -0.600. The Bertz CT molecular complexity index is 199. The van der Waals surface area contributed by atoms with Gasteiger partial charge in [-0.1, -0.05) is 13.8 Å². The van der Waals surface area contributed by atoms with Crippen molar-refractivity contribution in [1.82, 2.24) is 4.90 Å². The van der Waals surface area contributed by atoms with E-state index in [-0.39, 0.29) is 0 Å². The van der Waals surface area contributed by atoms with Crippen LogP contribution >= 0.6 is 0 Å². The number of hydrogen-bond donors (Lipinski definition) is 1. The molecule has 0 spiro atoms. The van der Waals surface area contributed by atoms with Crippen LogP contribution in [0.5, 0.6) is 0 Å². The van der Waals surface area contributed by atoms with Gasteiger partial charge in [0.05, 0.1) is 0 Å². The zero-order valence-corrected chi connectivity index (χ0v) is 8.71. The first kappa shape index (κ1) is 10.5.